The summed E-state index contributed by atoms with van der Waals surface area (Å²) in [5, 5.41) is 3.88. The van der Waals surface area contributed by atoms with Crippen molar-refractivity contribution in [3.8, 4) is 0 Å². The Bertz CT molecular complexity index is 261. The van der Waals surface area contributed by atoms with Gasteiger partial charge in [-0.1, -0.05) is 25.6 Å². The molecule has 1 heterocycles. The van der Waals surface area contributed by atoms with Gasteiger partial charge in [0.15, 0.2) is 0 Å². The van der Waals surface area contributed by atoms with E-state index in [1.807, 2.05) is 13.8 Å². The number of rotatable bonds is 5. The maximum absolute atomic E-state index is 4.72. The van der Waals surface area contributed by atoms with E-state index in [9.17, 15) is 0 Å². The van der Waals surface area contributed by atoms with Crippen LogP contribution < -0.4 is 0 Å². The van der Waals surface area contributed by atoms with Gasteiger partial charge in [0, 0.05) is 45.5 Å². The van der Waals surface area contributed by atoms with Gasteiger partial charge in [0.05, 0.1) is 5.71 Å². The minimum Gasteiger partial charge on any atom is -0.399 e. The second-order valence-electron chi connectivity index (χ2n) is 3.53. The van der Waals surface area contributed by atoms with E-state index in [1.165, 1.54) is 0 Å². The SMILES string of the molecule is C=C/C(CCN1C=CN(C)CC1)=N\OC.CC. The topological polar surface area (TPSA) is 28.1 Å². The van der Waals surface area contributed by atoms with Crippen LogP contribution in [0.3, 0.4) is 0 Å². The van der Waals surface area contributed by atoms with E-state index < -0.39 is 0 Å². The largest absolute Gasteiger partial charge is 0.399 e. The lowest BCUT2D eigenvalue weighted by Gasteiger charge is -2.28. The molecule has 0 fully saturated rings. The molecule has 0 aromatic rings. The molecule has 0 bridgehead atoms. The second-order valence-corrected chi connectivity index (χ2v) is 3.53. The van der Waals surface area contributed by atoms with Crippen molar-refractivity contribution >= 4 is 5.71 Å². The fourth-order valence-corrected chi connectivity index (χ4v) is 1.39. The van der Waals surface area contributed by atoms with E-state index in [2.05, 4.69) is 41.0 Å². The van der Waals surface area contributed by atoms with E-state index in [0.717, 1.165) is 31.8 Å². The van der Waals surface area contributed by atoms with Crippen LogP contribution >= 0.6 is 0 Å². The second kappa shape index (κ2) is 9.75. The van der Waals surface area contributed by atoms with E-state index in [4.69, 9.17) is 4.84 Å². The van der Waals surface area contributed by atoms with Crippen LogP contribution in [0.1, 0.15) is 20.3 Å². The van der Waals surface area contributed by atoms with Gasteiger partial charge in [-0.2, -0.15) is 0 Å². The summed E-state index contributed by atoms with van der Waals surface area (Å²) in [4.78, 5) is 9.17. The molecule has 98 valence electrons. The summed E-state index contributed by atoms with van der Waals surface area (Å²) in [6, 6.07) is 0. The molecule has 4 nitrogen and oxygen atoms in total. The summed E-state index contributed by atoms with van der Waals surface area (Å²) in [7, 11) is 3.63. The highest BCUT2D eigenvalue weighted by Gasteiger charge is 2.06. The monoisotopic (exact) mass is 239 g/mol. The third-order valence-electron chi connectivity index (χ3n) is 2.37. The quantitative estimate of drug-likeness (QED) is 0.544. The number of likely N-dealkylation sites (N-methyl/N-ethyl adjacent to an activating group) is 1. The van der Waals surface area contributed by atoms with Crippen LogP contribution in [-0.2, 0) is 4.84 Å². The van der Waals surface area contributed by atoms with Crippen LogP contribution in [0, 0.1) is 0 Å². The fourth-order valence-electron chi connectivity index (χ4n) is 1.39. The van der Waals surface area contributed by atoms with Gasteiger partial charge in [-0.05, 0) is 6.08 Å². The molecule has 0 amide bonds. The molecule has 0 aromatic carbocycles. The molecule has 0 saturated carbocycles. The van der Waals surface area contributed by atoms with E-state index >= 15 is 0 Å². The molecule has 0 radical (unpaired) electrons. The van der Waals surface area contributed by atoms with Crippen molar-refractivity contribution < 1.29 is 4.84 Å². The van der Waals surface area contributed by atoms with Gasteiger partial charge in [-0.3, -0.25) is 0 Å². The summed E-state index contributed by atoms with van der Waals surface area (Å²) in [6.45, 7) is 10.8. The Morgan fingerprint density at radius 2 is 2.12 bits per heavy atom. The van der Waals surface area contributed by atoms with E-state index in [-0.39, 0.29) is 0 Å². The molecule has 0 spiro atoms. The zero-order valence-electron chi connectivity index (χ0n) is 11.5. The number of hydrogen-bond donors (Lipinski definition) is 0. The molecule has 1 aliphatic rings. The van der Waals surface area contributed by atoms with Crippen LogP contribution in [0.2, 0.25) is 0 Å². The lowest BCUT2D eigenvalue weighted by Crippen LogP contribution is -2.33. The normalized spacial score (nSPS) is 15.2. The molecule has 0 aliphatic carbocycles. The van der Waals surface area contributed by atoms with Crippen LogP contribution in [-0.4, -0.2) is 49.3 Å². The highest BCUT2D eigenvalue weighted by atomic mass is 16.6. The molecule has 0 saturated heterocycles. The first-order chi connectivity index (χ1) is 8.26. The molecule has 17 heavy (non-hydrogen) atoms. The lowest BCUT2D eigenvalue weighted by molar-refractivity contribution is 0.212. The zero-order valence-corrected chi connectivity index (χ0v) is 11.5. The maximum atomic E-state index is 4.72. The summed E-state index contributed by atoms with van der Waals surface area (Å²) < 4.78 is 0. The highest BCUT2D eigenvalue weighted by molar-refractivity contribution is 5.94. The van der Waals surface area contributed by atoms with Crippen molar-refractivity contribution in [1.82, 2.24) is 9.80 Å². The van der Waals surface area contributed by atoms with Crippen LogP contribution in [0.5, 0.6) is 0 Å². The Morgan fingerprint density at radius 1 is 1.41 bits per heavy atom. The van der Waals surface area contributed by atoms with Crippen molar-refractivity contribution in [2.45, 2.75) is 20.3 Å². The van der Waals surface area contributed by atoms with Crippen LogP contribution in [0.4, 0.5) is 0 Å². The smallest absolute Gasteiger partial charge is 0.106 e. The van der Waals surface area contributed by atoms with Crippen molar-refractivity contribution in [2.24, 2.45) is 5.16 Å². The Labute approximate surface area is 105 Å². The van der Waals surface area contributed by atoms with Gasteiger partial charge in [-0.25, -0.2) is 0 Å². The van der Waals surface area contributed by atoms with Crippen molar-refractivity contribution in [1.29, 1.82) is 0 Å². The molecule has 0 unspecified atom stereocenters. The number of oxime groups is 1. The van der Waals surface area contributed by atoms with Gasteiger partial charge in [0.25, 0.3) is 0 Å². The first kappa shape index (κ1) is 15.6. The minimum absolute atomic E-state index is 0.866. The molecule has 4 heteroatoms. The van der Waals surface area contributed by atoms with E-state index in [1.54, 1.807) is 13.2 Å². The van der Waals surface area contributed by atoms with Gasteiger partial charge < -0.3 is 14.6 Å². The maximum Gasteiger partial charge on any atom is 0.106 e. The molecular formula is C13H25N3O. The Hall–Kier alpha value is -1.45. The first-order valence-corrected chi connectivity index (χ1v) is 6.11. The fraction of sp³-hybridized carbons (Fsp3) is 0.615. The Kier molecular flexibility index (Phi) is 8.92. The van der Waals surface area contributed by atoms with Gasteiger partial charge >= 0.3 is 0 Å². The number of nitrogens with zero attached hydrogens (tertiary/aromatic N) is 3. The van der Waals surface area contributed by atoms with Crippen molar-refractivity contribution in [3.63, 3.8) is 0 Å². The summed E-state index contributed by atoms with van der Waals surface area (Å²) >= 11 is 0. The molecule has 0 aromatic heterocycles. The third-order valence-corrected chi connectivity index (χ3v) is 2.37. The molecule has 1 aliphatic heterocycles. The molecule has 0 N–H and O–H groups in total. The lowest BCUT2D eigenvalue weighted by atomic mass is 10.2. The van der Waals surface area contributed by atoms with Gasteiger partial charge in [0.2, 0.25) is 0 Å². The predicted molar refractivity (Wildman–Crippen MR) is 73.9 cm³/mol. The summed E-state index contributed by atoms with van der Waals surface area (Å²) in [6.07, 6.45) is 6.80. The number of hydrogen-bond acceptors (Lipinski definition) is 4. The predicted octanol–water partition coefficient (Wildman–Crippen LogP) is 2.31. The number of allylic oxidation sites excluding steroid dienone is 1. The summed E-state index contributed by atoms with van der Waals surface area (Å²) in [5.41, 5.74) is 0.893. The standard InChI is InChI=1S/C11H19N3O.C2H6/c1-4-11(12-15-3)5-6-14-9-7-13(2)8-10-14;1-2/h4,7,9H,1,5-6,8,10H2,2-3H3;1-2H3/b12-11+;. The molecule has 1 rings (SSSR count). The first-order valence-electron chi connectivity index (χ1n) is 6.11. The minimum atomic E-state index is 0.866. The van der Waals surface area contributed by atoms with E-state index in [0.29, 0.717) is 0 Å². The zero-order chi connectivity index (χ0) is 13.1. The van der Waals surface area contributed by atoms with Crippen molar-refractivity contribution in [2.75, 3.05) is 33.8 Å². The molecular weight excluding hydrogens is 214 g/mol. The van der Waals surface area contributed by atoms with Crippen LogP contribution in [0.15, 0.2) is 30.2 Å². The molecule has 0 atom stereocenters. The highest BCUT2D eigenvalue weighted by Crippen LogP contribution is 2.02. The summed E-state index contributed by atoms with van der Waals surface area (Å²) in [5.74, 6) is 0. The third kappa shape index (κ3) is 6.66. The van der Waals surface area contributed by atoms with Crippen LogP contribution in [0.25, 0.3) is 0 Å². The average molecular weight is 239 g/mol. The Morgan fingerprint density at radius 3 is 2.59 bits per heavy atom. The van der Waals surface area contributed by atoms with Gasteiger partial charge in [-0.15, -0.1) is 0 Å². The van der Waals surface area contributed by atoms with Gasteiger partial charge in [0.1, 0.15) is 7.11 Å². The average Bonchev–Trinajstić information content (AvgIpc) is 2.39. The Balaban J connectivity index is 0.00000121. The van der Waals surface area contributed by atoms with Crippen molar-refractivity contribution in [3.05, 3.63) is 25.1 Å².